The third-order valence-electron chi connectivity index (χ3n) is 4.94. The molecule has 1 aliphatic rings. The molecule has 144 valence electrons. The largest absolute Gasteiger partial charge is 0.464 e. The number of methoxy groups -OCH3 is 1. The molecule has 1 N–H and O–H groups in total. The molecule has 28 heavy (non-hydrogen) atoms. The average molecular weight is 443 g/mol. The van der Waals surface area contributed by atoms with Crippen molar-refractivity contribution in [2.45, 2.75) is 25.7 Å². The summed E-state index contributed by atoms with van der Waals surface area (Å²) in [6.45, 7) is 1.94. The number of aromatic nitrogens is 3. The quantitative estimate of drug-likeness (QED) is 0.617. The minimum absolute atomic E-state index is 0.260. The first kappa shape index (κ1) is 18.6. The summed E-state index contributed by atoms with van der Waals surface area (Å²) in [4.78, 5) is 29.8. The lowest BCUT2D eigenvalue weighted by Crippen LogP contribution is -2.16. The highest BCUT2D eigenvalue weighted by Gasteiger charge is 2.30. The van der Waals surface area contributed by atoms with Gasteiger partial charge < -0.3 is 10.1 Å². The number of carbonyl (C=O) groups is 2. The van der Waals surface area contributed by atoms with Crippen molar-refractivity contribution in [3.8, 4) is 0 Å². The van der Waals surface area contributed by atoms with Crippen LogP contribution in [0.4, 0.5) is 5.82 Å². The second-order valence-corrected chi connectivity index (χ2v) is 7.83. The number of hydrogen-bond donors (Lipinski definition) is 1. The summed E-state index contributed by atoms with van der Waals surface area (Å²) in [6.07, 6.45) is 2.19. The van der Waals surface area contributed by atoms with Gasteiger partial charge in [0.2, 0.25) is 0 Å². The van der Waals surface area contributed by atoms with Gasteiger partial charge in [0.25, 0.3) is 5.91 Å². The van der Waals surface area contributed by atoms with Crippen LogP contribution in [0.1, 0.15) is 50.9 Å². The van der Waals surface area contributed by atoms with Crippen LogP contribution < -0.4 is 5.32 Å². The van der Waals surface area contributed by atoms with E-state index in [0.29, 0.717) is 17.3 Å². The molecule has 1 aliphatic carbocycles. The van der Waals surface area contributed by atoms with Crippen LogP contribution in [0.3, 0.4) is 0 Å². The molecule has 0 aliphatic heterocycles. The number of benzene rings is 1. The van der Waals surface area contributed by atoms with Gasteiger partial charge in [-0.15, -0.1) is 0 Å². The Morgan fingerprint density at radius 2 is 2.04 bits per heavy atom. The fourth-order valence-electron chi connectivity index (χ4n) is 3.40. The van der Waals surface area contributed by atoms with E-state index >= 15 is 0 Å². The summed E-state index contributed by atoms with van der Waals surface area (Å²) in [5.41, 5.74) is 3.50. The first-order chi connectivity index (χ1) is 13.4. The Balaban J connectivity index is 1.77. The molecule has 2 heterocycles. The third-order valence-corrected chi connectivity index (χ3v) is 5.43. The second kappa shape index (κ2) is 7.01. The van der Waals surface area contributed by atoms with E-state index in [9.17, 15) is 9.59 Å². The molecule has 1 aromatic carbocycles. The van der Waals surface area contributed by atoms with Crippen LogP contribution in [-0.2, 0) is 11.8 Å². The van der Waals surface area contributed by atoms with Gasteiger partial charge in [0.15, 0.2) is 5.82 Å². The van der Waals surface area contributed by atoms with Crippen molar-refractivity contribution in [2.75, 3.05) is 12.4 Å². The van der Waals surface area contributed by atoms with E-state index in [1.165, 1.54) is 17.9 Å². The number of aryl methyl sites for hydroxylation is 1. The summed E-state index contributed by atoms with van der Waals surface area (Å²) in [5, 5.41) is 7.79. The second-order valence-electron chi connectivity index (χ2n) is 6.92. The standard InChI is InChI=1S/C20H19BrN4O3/c1-10-17(19(26)23-16-9-15(20(27)28-3)25(2)24-16)13-8-12(21)6-7-14(13)22-18(10)11-4-5-11/h6-9,11H,4-5H2,1-3H3,(H,23,24,26). The molecule has 7 nitrogen and oxygen atoms in total. The Labute approximate surface area is 170 Å². The number of hydrogen-bond acceptors (Lipinski definition) is 5. The molecule has 1 fully saturated rings. The molecule has 0 spiro atoms. The number of nitrogens with one attached hydrogen (secondary N) is 1. The van der Waals surface area contributed by atoms with Crippen molar-refractivity contribution in [1.82, 2.24) is 14.8 Å². The van der Waals surface area contributed by atoms with Crippen LogP contribution in [0.5, 0.6) is 0 Å². The van der Waals surface area contributed by atoms with E-state index in [0.717, 1.165) is 39.5 Å². The zero-order valence-electron chi connectivity index (χ0n) is 15.7. The van der Waals surface area contributed by atoms with Crippen LogP contribution >= 0.6 is 15.9 Å². The Hall–Kier alpha value is -2.74. The number of halogens is 1. The Kier molecular flexibility index (Phi) is 4.66. The van der Waals surface area contributed by atoms with Crippen molar-refractivity contribution in [3.63, 3.8) is 0 Å². The number of fused-ring (bicyclic) bond motifs is 1. The van der Waals surface area contributed by atoms with Crippen LogP contribution in [0.15, 0.2) is 28.7 Å². The molecule has 0 radical (unpaired) electrons. The van der Waals surface area contributed by atoms with Crippen molar-refractivity contribution in [2.24, 2.45) is 7.05 Å². The molecule has 2 aromatic heterocycles. The topological polar surface area (TPSA) is 86.1 Å². The molecule has 1 amide bonds. The predicted molar refractivity (Wildman–Crippen MR) is 109 cm³/mol. The number of nitrogens with zero attached hydrogens (tertiary/aromatic N) is 3. The Bertz CT molecular complexity index is 1120. The van der Waals surface area contributed by atoms with Crippen LogP contribution in [0, 0.1) is 6.92 Å². The van der Waals surface area contributed by atoms with Crippen LogP contribution in [0.25, 0.3) is 10.9 Å². The number of carbonyl (C=O) groups excluding carboxylic acids is 2. The van der Waals surface area contributed by atoms with E-state index in [1.807, 2.05) is 25.1 Å². The molecule has 3 aromatic rings. The normalized spacial score (nSPS) is 13.6. The Morgan fingerprint density at radius 1 is 1.29 bits per heavy atom. The van der Waals surface area contributed by atoms with Crippen molar-refractivity contribution >= 4 is 44.5 Å². The third kappa shape index (κ3) is 3.28. The molecule has 0 saturated heterocycles. The van der Waals surface area contributed by atoms with Gasteiger partial charge in [-0.2, -0.15) is 5.10 Å². The zero-order valence-corrected chi connectivity index (χ0v) is 17.3. The maximum atomic E-state index is 13.2. The summed E-state index contributed by atoms with van der Waals surface area (Å²) in [6, 6.07) is 7.24. The van der Waals surface area contributed by atoms with Gasteiger partial charge >= 0.3 is 5.97 Å². The first-order valence-corrected chi connectivity index (χ1v) is 9.71. The minimum Gasteiger partial charge on any atom is -0.464 e. The van der Waals surface area contributed by atoms with Crippen molar-refractivity contribution < 1.29 is 14.3 Å². The fraction of sp³-hybridized carbons (Fsp3) is 0.300. The van der Waals surface area contributed by atoms with Gasteiger partial charge in [-0.3, -0.25) is 14.5 Å². The van der Waals surface area contributed by atoms with E-state index in [1.54, 1.807) is 7.05 Å². The van der Waals surface area contributed by atoms with Crippen molar-refractivity contribution in [3.05, 3.63) is 51.3 Å². The van der Waals surface area contributed by atoms with E-state index < -0.39 is 5.97 Å². The number of anilines is 1. The molecule has 0 atom stereocenters. The van der Waals surface area contributed by atoms with Gasteiger partial charge in [-0.05, 0) is 43.5 Å². The summed E-state index contributed by atoms with van der Waals surface area (Å²) in [5.74, 6) is -0.0824. The molecular formula is C20H19BrN4O3. The number of amides is 1. The summed E-state index contributed by atoms with van der Waals surface area (Å²) in [7, 11) is 2.93. The van der Waals surface area contributed by atoms with Crippen LogP contribution in [-0.4, -0.2) is 33.8 Å². The molecule has 0 bridgehead atoms. The highest BCUT2D eigenvalue weighted by Crippen LogP contribution is 2.42. The lowest BCUT2D eigenvalue weighted by Gasteiger charge is -2.14. The van der Waals surface area contributed by atoms with Crippen LogP contribution in [0.2, 0.25) is 0 Å². The SMILES string of the molecule is COC(=O)c1cc(NC(=O)c2c(C)c(C3CC3)nc3ccc(Br)cc23)nn1C. The predicted octanol–water partition coefficient (Wildman–Crippen LogP) is 3.96. The van der Waals surface area contributed by atoms with E-state index in [-0.39, 0.29) is 11.6 Å². The van der Waals surface area contributed by atoms with Gasteiger partial charge in [-0.1, -0.05) is 15.9 Å². The van der Waals surface area contributed by atoms with Gasteiger partial charge in [0.05, 0.1) is 18.2 Å². The fourth-order valence-corrected chi connectivity index (χ4v) is 3.76. The molecule has 0 unspecified atom stereocenters. The van der Waals surface area contributed by atoms with Gasteiger partial charge in [0.1, 0.15) is 5.69 Å². The number of esters is 1. The molecular weight excluding hydrogens is 424 g/mol. The maximum Gasteiger partial charge on any atom is 0.356 e. The maximum absolute atomic E-state index is 13.2. The van der Waals surface area contributed by atoms with Gasteiger partial charge in [0, 0.05) is 34.6 Å². The molecule has 1 saturated carbocycles. The lowest BCUT2D eigenvalue weighted by atomic mass is 9.98. The smallest absolute Gasteiger partial charge is 0.356 e. The van der Waals surface area contributed by atoms with Gasteiger partial charge in [-0.25, -0.2) is 4.79 Å². The van der Waals surface area contributed by atoms with E-state index in [4.69, 9.17) is 9.72 Å². The number of rotatable bonds is 4. The van der Waals surface area contributed by atoms with E-state index in [2.05, 4.69) is 26.3 Å². The lowest BCUT2D eigenvalue weighted by molar-refractivity contribution is 0.0588. The first-order valence-electron chi connectivity index (χ1n) is 8.92. The molecule has 8 heteroatoms. The number of ether oxygens (including phenoxy) is 1. The minimum atomic E-state index is -0.513. The highest BCUT2D eigenvalue weighted by atomic mass is 79.9. The Morgan fingerprint density at radius 3 is 2.71 bits per heavy atom. The highest BCUT2D eigenvalue weighted by molar-refractivity contribution is 9.10. The zero-order chi connectivity index (χ0) is 20.0. The monoisotopic (exact) mass is 442 g/mol. The van der Waals surface area contributed by atoms with Crippen molar-refractivity contribution in [1.29, 1.82) is 0 Å². The average Bonchev–Trinajstić information content (AvgIpc) is 3.43. The number of pyridine rings is 1. The summed E-state index contributed by atoms with van der Waals surface area (Å²) >= 11 is 3.48. The summed E-state index contributed by atoms with van der Waals surface area (Å²) < 4.78 is 6.99. The molecule has 4 rings (SSSR count).